The van der Waals surface area contributed by atoms with E-state index in [1.54, 1.807) is 25.7 Å². The van der Waals surface area contributed by atoms with Gasteiger partial charge >= 0.3 is 0 Å². The highest BCUT2D eigenvalue weighted by Crippen LogP contribution is 2.53. The van der Waals surface area contributed by atoms with Gasteiger partial charge in [0.2, 0.25) is 0 Å². The van der Waals surface area contributed by atoms with Gasteiger partial charge < -0.3 is 0 Å². The monoisotopic (exact) mass is 621 g/mol. The minimum absolute atomic E-state index is 0. The second-order valence-corrected chi connectivity index (χ2v) is 17.6. The van der Waals surface area contributed by atoms with Gasteiger partial charge in [-0.05, 0) is 166 Å². The molecule has 0 spiro atoms. The third-order valence-corrected chi connectivity index (χ3v) is 15.1. The zero-order chi connectivity index (χ0) is 32.3. The van der Waals surface area contributed by atoms with Crippen molar-refractivity contribution in [1.82, 2.24) is 0 Å². The molecule has 0 N–H and O–H groups in total. The maximum Gasteiger partial charge on any atom is 0 e. The fourth-order valence-corrected chi connectivity index (χ4v) is 11.5. The van der Waals surface area contributed by atoms with E-state index >= 15 is 0 Å². The van der Waals surface area contributed by atoms with Crippen molar-refractivity contribution in [3.63, 3.8) is 0 Å². The molecule has 14 unspecified atom stereocenters. The van der Waals surface area contributed by atoms with E-state index in [-0.39, 0.29) is 1.43 Å². The number of allylic oxidation sites excluding steroid dienone is 4. The molecular formula is C45H80. The van der Waals surface area contributed by atoms with E-state index in [1.807, 2.05) is 0 Å². The number of hydrogen-bond acceptors (Lipinski definition) is 0. The molecule has 7 fully saturated rings. The van der Waals surface area contributed by atoms with Gasteiger partial charge in [-0.2, -0.15) is 0 Å². The van der Waals surface area contributed by atoms with E-state index in [1.165, 1.54) is 96.3 Å². The van der Waals surface area contributed by atoms with Gasteiger partial charge in [0.15, 0.2) is 0 Å². The number of hydrogen-bond donors (Lipinski definition) is 0. The van der Waals surface area contributed by atoms with Crippen LogP contribution in [0.15, 0.2) is 37.5 Å². The molecule has 260 valence electrons. The molecule has 7 saturated carbocycles. The summed E-state index contributed by atoms with van der Waals surface area (Å²) in [4.78, 5) is 0. The second-order valence-electron chi connectivity index (χ2n) is 17.6. The van der Waals surface area contributed by atoms with Gasteiger partial charge in [0.1, 0.15) is 0 Å². The molecule has 0 nitrogen and oxygen atoms in total. The van der Waals surface area contributed by atoms with Crippen molar-refractivity contribution < 1.29 is 1.43 Å². The van der Waals surface area contributed by atoms with Gasteiger partial charge in [-0.1, -0.05) is 104 Å². The Morgan fingerprint density at radius 3 is 1.27 bits per heavy atom. The minimum Gasteiger partial charge on any atom is -0.103 e. The number of fused-ring (bicyclic) bond motifs is 6. The van der Waals surface area contributed by atoms with Gasteiger partial charge in [0.25, 0.3) is 0 Å². The Balaban J connectivity index is 0.000000157. The Hall–Kier alpha value is -0.780. The van der Waals surface area contributed by atoms with Gasteiger partial charge in [-0.15, -0.1) is 13.2 Å². The quantitative estimate of drug-likeness (QED) is 0.259. The second kappa shape index (κ2) is 18.7. The first-order valence-corrected chi connectivity index (χ1v) is 20.7. The van der Waals surface area contributed by atoms with Gasteiger partial charge in [-0.3, -0.25) is 0 Å². The molecule has 0 aliphatic heterocycles. The molecule has 8 aliphatic rings. The lowest BCUT2D eigenvalue weighted by atomic mass is 9.78. The first kappa shape index (κ1) is 37.0. The van der Waals surface area contributed by atoms with E-state index in [9.17, 15) is 0 Å². The molecule has 0 heterocycles. The summed E-state index contributed by atoms with van der Waals surface area (Å²) in [5.41, 5.74) is 0. The van der Waals surface area contributed by atoms with Crippen molar-refractivity contribution in [3.8, 4) is 0 Å². The van der Waals surface area contributed by atoms with Crippen LogP contribution in [-0.2, 0) is 0 Å². The van der Waals surface area contributed by atoms with E-state index < -0.39 is 0 Å². The van der Waals surface area contributed by atoms with Crippen molar-refractivity contribution in [2.45, 2.75) is 164 Å². The van der Waals surface area contributed by atoms with Crippen LogP contribution in [0.3, 0.4) is 0 Å². The van der Waals surface area contributed by atoms with Crippen molar-refractivity contribution in [2.24, 2.45) is 82.9 Å². The normalized spacial score (nSPS) is 44.2. The lowest BCUT2D eigenvalue weighted by Gasteiger charge is -2.27. The van der Waals surface area contributed by atoms with Crippen molar-refractivity contribution in [1.29, 1.82) is 0 Å². The smallest absolute Gasteiger partial charge is 0 e. The lowest BCUT2D eigenvalue weighted by molar-refractivity contribution is 0.224. The van der Waals surface area contributed by atoms with Crippen LogP contribution in [0.25, 0.3) is 0 Å². The van der Waals surface area contributed by atoms with Gasteiger partial charge in [-0.25, -0.2) is 0 Å². The van der Waals surface area contributed by atoms with Crippen LogP contribution in [0.1, 0.15) is 165 Å². The Morgan fingerprint density at radius 1 is 0.533 bits per heavy atom. The molecule has 0 radical (unpaired) electrons. The molecule has 0 aromatic heterocycles. The molecule has 8 aliphatic carbocycles. The highest BCUT2D eigenvalue weighted by molar-refractivity contribution is 5.06. The molecule has 45 heavy (non-hydrogen) atoms. The predicted octanol–water partition coefficient (Wildman–Crippen LogP) is 14.4. The lowest BCUT2D eigenvalue weighted by Crippen LogP contribution is -2.19. The maximum atomic E-state index is 3.78. The zero-order valence-electron chi connectivity index (χ0n) is 31.2. The Labute approximate surface area is 284 Å². The van der Waals surface area contributed by atoms with Crippen molar-refractivity contribution in [2.75, 3.05) is 0 Å². The van der Waals surface area contributed by atoms with E-state index in [0.717, 1.165) is 82.9 Å². The standard InChI is InChI=1S/C11H20.C9H16.C9H18.C9H14.C7H10.H2/c1-3-4-11-8(2)9-5-6-10(11)7-9;1-6-7(2)9-4-3-8(6)5-9;2*1-3-8-5-6-9(4-2)7-8;1-2-7-4-3-6(1)5-7;/h8-11H,3-7H2,1-2H3;6-9H,3-5H2,1-2H3;8-9H,3-7H2,1-2H3;3-4,8-9H,1-2,5-7H2;1-2,6-7H,3-5H2;1H. The van der Waals surface area contributed by atoms with Crippen LogP contribution in [-0.4, -0.2) is 0 Å². The van der Waals surface area contributed by atoms with E-state index in [2.05, 4.69) is 79.0 Å². The minimum atomic E-state index is 0. The summed E-state index contributed by atoms with van der Waals surface area (Å²) < 4.78 is 0. The highest BCUT2D eigenvalue weighted by atomic mass is 14.5. The third kappa shape index (κ3) is 10.4. The van der Waals surface area contributed by atoms with Crippen LogP contribution >= 0.6 is 0 Å². The van der Waals surface area contributed by atoms with E-state index in [0.29, 0.717) is 0 Å². The maximum absolute atomic E-state index is 3.78. The van der Waals surface area contributed by atoms with Crippen LogP contribution in [0.2, 0.25) is 0 Å². The van der Waals surface area contributed by atoms with Crippen LogP contribution in [0.4, 0.5) is 0 Å². The average Bonchev–Trinajstić information content (AvgIpc) is 3.93. The van der Waals surface area contributed by atoms with Crippen LogP contribution in [0.5, 0.6) is 0 Å². The Morgan fingerprint density at radius 2 is 1.00 bits per heavy atom. The summed E-state index contributed by atoms with van der Waals surface area (Å²) in [5, 5.41) is 0. The van der Waals surface area contributed by atoms with Gasteiger partial charge in [0, 0.05) is 1.43 Å². The summed E-state index contributed by atoms with van der Waals surface area (Å²) in [5.74, 6) is 14.4. The largest absolute Gasteiger partial charge is 0.103 e. The molecule has 0 aromatic rings. The number of rotatable bonds is 6. The summed E-state index contributed by atoms with van der Waals surface area (Å²) in [6.45, 7) is 21.9. The average molecular weight is 621 g/mol. The first-order chi connectivity index (χ1) is 21.8. The van der Waals surface area contributed by atoms with E-state index in [4.69, 9.17) is 0 Å². The summed E-state index contributed by atoms with van der Waals surface area (Å²) in [6.07, 6.45) is 36.8. The predicted molar refractivity (Wildman–Crippen MR) is 202 cm³/mol. The molecule has 0 amide bonds. The van der Waals surface area contributed by atoms with Crippen molar-refractivity contribution >= 4 is 0 Å². The fraction of sp³-hybridized carbons (Fsp3) is 0.867. The van der Waals surface area contributed by atoms with Crippen LogP contribution in [0, 0.1) is 82.9 Å². The highest BCUT2D eigenvalue weighted by Gasteiger charge is 2.44. The topological polar surface area (TPSA) is 0 Å². The molecular weight excluding hydrogens is 540 g/mol. The molecule has 0 heteroatoms. The molecule has 0 aromatic carbocycles. The van der Waals surface area contributed by atoms with Crippen molar-refractivity contribution in [3.05, 3.63) is 37.5 Å². The Kier molecular flexibility index (Phi) is 15.4. The summed E-state index contributed by atoms with van der Waals surface area (Å²) in [7, 11) is 0. The molecule has 0 saturated heterocycles. The first-order valence-electron chi connectivity index (χ1n) is 20.7. The zero-order valence-corrected chi connectivity index (χ0v) is 31.2. The molecule has 6 bridgehead atoms. The fourth-order valence-electron chi connectivity index (χ4n) is 11.5. The summed E-state index contributed by atoms with van der Waals surface area (Å²) >= 11 is 0. The molecule has 14 atom stereocenters. The Bertz CT molecular complexity index is 831. The summed E-state index contributed by atoms with van der Waals surface area (Å²) in [6, 6.07) is 0. The SMILES string of the molecule is C1=CC2CCC1C2.C=CC1CCC(C=C)C1.CC1C2CCC(C2)C1C.CCC1CCC(CC)C1.CCCC1C2CCC(C2)C1C.[HH]. The van der Waals surface area contributed by atoms with Crippen LogP contribution < -0.4 is 0 Å². The van der Waals surface area contributed by atoms with Gasteiger partial charge in [0.05, 0.1) is 0 Å². The molecule has 8 rings (SSSR count). The third-order valence-electron chi connectivity index (χ3n) is 15.1.